The Labute approximate surface area is 115 Å². The second-order valence-corrected chi connectivity index (χ2v) is 6.03. The molecule has 2 heterocycles. The number of nitrogens with zero attached hydrogens (tertiary/aromatic N) is 1. The van der Waals surface area contributed by atoms with E-state index in [2.05, 4.69) is 41.4 Å². The monoisotopic (exact) mass is 258 g/mol. The van der Waals surface area contributed by atoms with Gasteiger partial charge in [0.15, 0.2) is 0 Å². The van der Waals surface area contributed by atoms with Crippen molar-refractivity contribution in [1.82, 2.24) is 10.2 Å². The third kappa shape index (κ3) is 2.39. The maximum atomic E-state index is 12.7. The van der Waals surface area contributed by atoms with E-state index in [1.807, 2.05) is 0 Å². The zero-order valence-electron chi connectivity index (χ0n) is 11.6. The van der Waals surface area contributed by atoms with Crippen molar-refractivity contribution in [2.45, 2.75) is 32.7 Å². The van der Waals surface area contributed by atoms with Crippen LogP contribution < -0.4 is 5.32 Å². The molecular formula is C16H22N2O. The minimum Gasteiger partial charge on any atom is -0.338 e. The molecular weight excluding hydrogens is 236 g/mol. The molecule has 1 amide bonds. The van der Waals surface area contributed by atoms with Crippen molar-refractivity contribution in [2.75, 3.05) is 19.6 Å². The number of likely N-dealkylation sites (tertiary alicyclic amines) is 1. The Bertz CT molecular complexity index is 477. The van der Waals surface area contributed by atoms with Gasteiger partial charge in [-0.25, -0.2) is 0 Å². The van der Waals surface area contributed by atoms with E-state index in [4.69, 9.17) is 0 Å². The highest BCUT2D eigenvalue weighted by molar-refractivity contribution is 5.84. The van der Waals surface area contributed by atoms with Gasteiger partial charge in [-0.05, 0) is 38.3 Å². The molecule has 1 N–H and O–H groups in total. The highest BCUT2D eigenvalue weighted by atomic mass is 16.2. The van der Waals surface area contributed by atoms with Gasteiger partial charge in [-0.1, -0.05) is 29.8 Å². The van der Waals surface area contributed by atoms with E-state index in [9.17, 15) is 4.79 Å². The molecule has 0 saturated carbocycles. The van der Waals surface area contributed by atoms with Gasteiger partial charge in [-0.3, -0.25) is 4.79 Å². The van der Waals surface area contributed by atoms with Crippen LogP contribution in [0.4, 0.5) is 0 Å². The Morgan fingerprint density at radius 2 is 2.26 bits per heavy atom. The van der Waals surface area contributed by atoms with Gasteiger partial charge >= 0.3 is 0 Å². The lowest BCUT2D eigenvalue weighted by atomic mass is 9.78. The van der Waals surface area contributed by atoms with Gasteiger partial charge in [0.25, 0.3) is 0 Å². The fourth-order valence-corrected chi connectivity index (χ4v) is 3.47. The van der Waals surface area contributed by atoms with Crippen LogP contribution >= 0.6 is 0 Å². The average Bonchev–Trinajstić information content (AvgIpc) is 2.85. The summed E-state index contributed by atoms with van der Waals surface area (Å²) in [7, 11) is 0. The summed E-state index contributed by atoms with van der Waals surface area (Å²) in [5, 5.41) is 3.36. The third-order valence-corrected chi connectivity index (χ3v) is 4.52. The maximum Gasteiger partial charge on any atom is 0.230 e. The molecule has 3 heteroatoms. The van der Waals surface area contributed by atoms with Gasteiger partial charge < -0.3 is 10.2 Å². The lowest BCUT2D eigenvalue weighted by Crippen LogP contribution is -2.49. The van der Waals surface area contributed by atoms with Crippen LogP contribution in [0.2, 0.25) is 0 Å². The molecule has 1 aromatic rings. The first-order chi connectivity index (χ1) is 9.20. The number of piperidine rings is 1. The molecule has 2 saturated heterocycles. The maximum absolute atomic E-state index is 12.7. The number of carbonyl (C=O) groups excluding carboxylic acids is 1. The van der Waals surface area contributed by atoms with Crippen LogP contribution in [0.25, 0.3) is 0 Å². The molecule has 0 aliphatic carbocycles. The molecule has 1 spiro atoms. The molecule has 102 valence electrons. The Balaban J connectivity index is 1.76. The van der Waals surface area contributed by atoms with Crippen LogP contribution in [-0.4, -0.2) is 30.4 Å². The van der Waals surface area contributed by atoms with Crippen molar-refractivity contribution >= 4 is 5.91 Å². The molecule has 3 nitrogen and oxygen atoms in total. The van der Waals surface area contributed by atoms with E-state index in [-0.39, 0.29) is 5.41 Å². The number of rotatable bonds is 2. The van der Waals surface area contributed by atoms with Crippen molar-refractivity contribution in [2.24, 2.45) is 5.41 Å². The fraction of sp³-hybridized carbons (Fsp3) is 0.562. The van der Waals surface area contributed by atoms with E-state index in [1.54, 1.807) is 0 Å². The number of aryl methyl sites for hydroxylation is 1. The molecule has 2 aliphatic rings. The van der Waals surface area contributed by atoms with Crippen molar-refractivity contribution < 1.29 is 4.79 Å². The van der Waals surface area contributed by atoms with Crippen LogP contribution in [-0.2, 0) is 11.3 Å². The quantitative estimate of drug-likeness (QED) is 0.881. The average molecular weight is 258 g/mol. The Hall–Kier alpha value is -1.35. The topological polar surface area (TPSA) is 32.3 Å². The lowest BCUT2D eigenvalue weighted by Gasteiger charge is -2.39. The van der Waals surface area contributed by atoms with Crippen molar-refractivity contribution in [1.29, 1.82) is 0 Å². The summed E-state index contributed by atoms with van der Waals surface area (Å²) in [6.45, 7) is 5.64. The fourth-order valence-electron chi connectivity index (χ4n) is 3.47. The summed E-state index contributed by atoms with van der Waals surface area (Å²) in [5.74, 6) is 0.366. The SMILES string of the molecule is Cc1cccc(CN2CCC[C@@]3(CCNC3)C2=O)c1. The molecule has 2 aliphatic heterocycles. The minimum absolute atomic E-state index is 0.0952. The number of benzene rings is 1. The summed E-state index contributed by atoms with van der Waals surface area (Å²) in [6, 6.07) is 8.48. The molecule has 0 unspecified atom stereocenters. The van der Waals surface area contributed by atoms with Crippen LogP contribution in [0, 0.1) is 12.3 Å². The molecule has 1 aromatic carbocycles. The van der Waals surface area contributed by atoms with Crippen molar-refractivity contribution in [3.8, 4) is 0 Å². The summed E-state index contributed by atoms with van der Waals surface area (Å²) in [5.41, 5.74) is 2.41. The highest BCUT2D eigenvalue weighted by Crippen LogP contribution is 2.37. The molecule has 0 aromatic heterocycles. The molecule has 3 rings (SSSR count). The van der Waals surface area contributed by atoms with E-state index in [0.717, 1.165) is 45.4 Å². The molecule has 0 bridgehead atoms. The second-order valence-electron chi connectivity index (χ2n) is 6.03. The Morgan fingerprint density at radius 1 is 1.37 bits per heavy atom. The zero-order valence-corrected chi connectivity index (χ0v) is 11.6. The molecule has 2 fully saturated rings. The number of amides is 1. The molecule has 1 atom stereocenters. The smallest absolute Gasteiger partial charge is 0.230 e. The van der Waals surface area contributed by atoms with Crippen LogP contribution in [0.15, 0.2) is 24.3 Å². The van der Waals surface area contributed by atoms with E-state index >= 15 is 0 Å². The van der Waals surface area contributed by atoms with Crippen LogP contribution in [0.3, 0.4) is 0 Å². The van der Waals surface area contributed by atoms with Crippen LogP contribution in [0.5, 0.6) is 0 Å². The first-order valence-electron chi connectivity index (χ1n) is 7.25. The van der Waals surface area contributed by atoms with Crippen molar-refractivity contribution in [3.05, 3.63) is 35.4 Å². The number of hydrogen-bond acceptors (Lipinski definition) is 2. The summed E-state index contributed by atoms with van der Waals surface area (Å²) in [6.07, 6.45) is 3.21. The standard InChI is InChI=1S/C16H22N2O/c1-13-4-2-5-14(10-13)11-18-9-3-6-16(15(18)19)7-8-17-12-16/h2,4-5,10,17H,3,6-9,11-12H2,1H3/t16-/m0/s1. The first kappa shape index (κ1) is 12.7. The van der Waals surface area contributed by atoms with Gasteiger partial charge in [-0.2, -0.15) is 0 Å². The Morgan fingerprint density at radius 3 is 3.00 bits per heavy atom. The summed E-state index contributed by atoms with van der Waals surface area (Å²) in [4.78, 5) is 14.8. The molecule has 0 radical (unpaired) electrons. The first-order valence-corrected chi connectivity index (χ1v) is 7.25. The number of carbonyl (C=O) groups is 1. The lowest BCUT2D eigenvalue weighted by molar-refractivity contribution is -0.145. The largest absolute Gasteiger partial charge is 0.338 e. The van der Waals surface area contributed by atoms with Crippen molar-refractivity contribution in [3.63, 3.8) is 0 Å². The predicted molar refractivity (Wildman–Crippen MR) is 75.7 cm³/mol. The van der Waals surface area contributed by atoms with Crippen LogP contribution in [0.1, 0.15) is 30.4 Å². The number of hydrogen-bond donors (Lipinski definition) is 1. The van der Waals surface area contributed by atoms with Gasteiger partial charge in [0.2, 0.25) is 5.91 Å². The minimum atomic E-state index is -0.0952. The zero-order chi connectivity index (χ0) is 13.3. The highest BCUT2D eigenvalue weighted by Gasteiger charge is 2.45. The predicted octanol–water partition coefficient (Wildman–Crippen LogP) is 2.10. The number of nitrogens with one attached hydrogen (secondary N) is 1. The second kappa shape index (κ2) is 4.97. The third-order valence-electron chi connectivity index (χ3n) is 4.52. The van der Waals surface area contributed by atoms with Gasteiger partial charge in [-0.15, -0.1) is 0 Å². The Kier molecular flexibility index (Phi) is 3.31. The van der Waals surface area contributed by atoms with Gasteiger partial charge in [0, 0.05) is 19.6 Å². The summed E-state index contributed by atoms with van der Waals surface area (Å²) < 4.78 is 0. The summed E-state index contributed by atoms with van der Waals surface area (Å²) >= 11 is 0. The molecule has 19 heavy (non-hydrogen) atoms. The normalized spacial score (nSPS) is 27.2. The van der Waals surface area contributed by atoms with Gasteiger partial charge in [0.1, 0.15) is 0 Å². The van der Waals surface area contributed by atoms with Gasteiger partial charge in [0.05, 0.1) is 5.41 Å². The van der Waals surface area contributed by atoms with E-state index in [0.29, 0.717) is 5.91 Å². The van der Waals surface area contributed by atoms with E-state index in [1.165, 1.54) is 11.1 Å². The van der Waals surface area contributed by atoms with E-state index < -0.39 is 0 Å².